The van der Waals surface area contributed by atoms with Gasteiger partial charge in [-0.2, -0.15) is 0 Å². The molecule has 0 amide bonds. The van der Waals surface area contributed by atoms with E-state index in [0.29, 0.717) is 19.7 Å². The molecule has 0 aliphatic rings. The smallest absolute Gasteiger partial charge is 0.117 e. The third-order valence-corrected chi connectivity index (χ3v) is 5.76. The zero-order valence-corrected chi connectivity index (χ0v) is 18.8. The molecule has 33 heavy (non-hydrogen) atoms. The van der Waals surface area contributed by atoms with E-state index >= 15 is 0 Å². The number of hydrogen-bond donors (Lipinski definition) is 0. The van der Waals surface area contributed by atoms with Gasteiger partial charge in [0, 0.05) is 13.1 Å². The fourth-order valence-electron chi connectivity index (χ4n) is 4.16. The highest BCUT2D eigenvalue weighted by Gasteiger charge is 2.26. The van der Waals surface area contributed by atoms with Crippen LogP contribution in [0.4, 0.5) is 4.39 Å². The van der Waals surface area contributed by atoms with Gasteiger partial charge in [0.2, 0.25) is 0 Å². The Balaban J connectivity index is 1.63. The Labute approximate surface area is 196 Å². The van der Waals surface area contributed by atoms with Crippen LogP contribution in [0.25, 0.3) is 0 Å². The van der Waals surface area contributed by atoms with Crippen LogP contribution in [0.5, 0.6) is 0 Å². The van der Waals surface area contributed by atoms with Gasteiger partial charge in [-0.3, -0.25) is 4.90 Å². The molecule has 4 aromatic rings. The van der Waals surface area contributed by atoms with Crippen LogP contribution in [-0.4, -0.2) is 24.2 Å². The zero-order valence-electron chi connectivity index (χ0n) is 18.8. The lowest BCUT2D eigenvalue weighted by Crippen LogP contribution is -2.38. The highest BCUT2D eigenvalue weighted by atomic mass is 19.1. The largest absolute Gasteiger partial charge is 0.369 e. The summed E-state index contributed by atoms with van der Waals surface area (Å²) in [5.41, 5.74) is 4.60. The molecule has 0 heterocycles. The standard InChI is InChI=1S/C30H30FNO/c31-21-29(33-24-26-15-7-2-8-16-26)23-32(22-25-13-5-1-6-14-25)30(27-17-9-3-10-18-27)28-19-11-4-12-20-28/h1-20,29-30H,21-24H2/t29-/m1/s1. The van der Waals surface area contributed by atoms with Gasteiger partial charge >= 0.3 is 0 Å². The molecule has 0 spiro atoms. The van der Waals surface area contributed by atoms with Crippen molar-refractivity contribution in [2.24, 2.45) is 0 Å². The van der Waals surface area contributed by atoms with E-state index in [4.69, 9.17) is 4.74 Å². The quantitative estimate of drug-likeness (QED) is 0.254. The predicted octanol–water partition coefficient (Wildman–Crippen LogP) is 6.83. The van der Waals surface area contributed by atoms with Crippen LogP contribution in [0, 0.1) is 0 Å². The second kappa shape index (κ2) is 12.1. The van der Waals surface area contributed by atoms with Crippen molar-refractivity contribution in [3.05, 3.63) is 144 Å². The fourth-order valence-corrected chi connectivity index (χ4v) is 4.16. The lowest BCUT2D eigenvalue weighted by atomic mass is 9.96. The predicted molar refractivity (Wildman–Crippen MR) is 133 cm³/mol. The number of nitrogens with zero attached hydrogens (tertiary/aromatic N) is 1. The minimum Gasteiger partial charge on any atom is -0.369 e. The molecular weight excluding hydrogens is 409 g/mol. The van der Waals surface area contributed by atoms with Gasteiger partial charge in [-0.25, -0.2) is 4.39 Å². The van der Waals surface area contributed by atoms with Crippen LogP contribution >= 0.6 is 0 Å². The van der Waals surface area contributed by atoms with Crippen molar-refractivity contribution < 1.29 is 9.13 Å². The fraction of sp³-hybridized carbons (Fsp3) is 0.200. The average molecular weight is 440 g/mol. The van der Waals surface area contributed by atoms with Gasteiger partial charge in [0.1, 0.15) is 6.67 Å². The van der Waals surface area contributed by atoms with Crippen molar-refractivity contribution >= 4 is 0 Å². The maximum absolute atomic E-state index is 14.2. The van der Waals surface area contributed by atoms with E-state index in [1.807, 2.05) is 60.7 Å². The molecule has 0 radical (unpaired) electrons. The minimum absolute atomic E-state index is 0.0121. The molecule has 0 bridgehead atoms. The van der Waals surface area contributed by atoms with Gasteiger partial charge in [0.25, 0.3) is 0 Å². The van der Waals surface area contributed by atoms with Gasteiger partial charge in [-0.1, -0.05) is 121 Å². The molecule has 0 saturated carbocycles. The summed E-state index contributed by atoms with van der Waals surface area (Å²) in [6.45, 7) is 1.04. The van der Waals surface area contributed by atoms with Crippen molar-refractivity contribution in [2.45, 2.75) is 25.3 Å². The van der Waals surface area contributed by atoms with Crippen molar-refractivity contribution in [3.8, 4) is 0 Å². The van der Waals surface area contributed by atoms with Gasteiger partial charge in [0.15, 0.2) is 0 Å². The maximum atomic E-state index is 14.2. The summed E-state index contributed by atoms with van der Waals surface area (Å²) >= 11 is 0. The second-order valence-corrected chi connectivity index (χ2v) is 8.21. The van der Waals surface area contributed by atoms with Crippen molar-refractivity contribution in [1.82, 2.24) is 4.90 Å². The Morgan fingerprint density at radius 2 is 1.06 bits per heavy atom. The summed E-state index contributed by atoms with van der Waals surface area (Å²) in [5.74, 6) is 0. The monoisotopic (exact) mass is 439 g/mol. The van der Waals surface area contributed by atoms with Crippen LogP contribution in [0.15, 0.2) is 121 Å². The number of ether oxygens (including phenoxy) is 1. The molecular formula is C30H30FNO. The number of rotatable bonds is 11. The summed E-state index contributed by atoms with van der Waals surface area (Å²) in [6.07, 6.45) is -0.524. The summed E-state index contributed by atoms with van der Waals surface area (Å²) in [6, 6.07) is 41.2. The molecule has 4 aromatic carbocycles. The molecule has 1 atom stereocenters. The molecule has 0 aliphatic carbocycles. The number of hydrogen-bond acceptors (Lipinski definition) is 2. The van der Waals surface area contributed by atoms with Crippen molar-refractivity contribution in [2.75, 3.05) is 13.2 Å². The van der Waals surface area contributed by atoms with E-state index in [1.165, 1.54) is 16.7 Å². The summed E-state index contributed by atoms with van der Waals surface area (Å²) in [7, 11) is 0. The number of alkyl halides is 1. The van der Waals surface area contributed by atoms with Crippen LogP contribution in [0.1, 0.15) is 28.3 Å². The summed E-state index contributed by atoms with van der Waals surface area (Å²) in [4.78, 5) is 2.33. The Morgan fingerprint density at radius 3 is 1.55 bits per heavy atom. The molecule has 0 saturated heterocycles. The molecule has 3 heteroatoms. The van der Waals surface area contributed by atoms with Crippen LogP contribution < -0.4 is 0 Å². The topological polar surface area (TPSA) is 12.5 Å². The van der Waals surface area contributed by atoms with E-state index in [2.05, 4.69) is 65.6 Å². The Bertz CT molecular complexity index is 1020. The Morgan fingerprint density at radius 1 is 0.606 bits per heavy atom. The third-order valence-electron chi connectivity index (χ3n) is 5.76. The van der Waals surface area contributed by atoms with Crippen LogP contribution in [0.3, 0.4) is 0 Å². The van der Waals surface area contributed by atoms with E-state index < -0.39 is 12.8 Å². The minimum atomic E-state index is -0.533. The lowest BCUT2D eigenvalue weighted by molar-refractivity contribution is -0.00661. The van der Waals surface area contributed by atoms with E-state index in [0.717, 1.165) is 5.56 Å². The molecule has 2 nitrogen and oxygen atoms in total. The second-order valence-electron chi connectivity index (χ2n) is 8.21. The normalized spacial score (nSPS) is 12.2. The van der Waals surface area contributed by atoms with Crippen molar-refractivity contribution in [1.29, 1.82) is 0 Å². The molecule has 0 aliphatic heterocycles. The molecule has 0 aromatic heterocycles. The maximum Gasteiger partial charge on any atom is 0.117 e. The SMILES string of the molecule is FC[C@H](CN(Cc1ccccc1)C(c1ccccc1)c1ccccc1)OCc1ccccc1. The van der Waals surface area contributed by atoms with E-state index in [1.54, 1.807) is 0 Å². The Kier molecular flexibility index (Phi) is 8.40. The van der Waals surface area contributed by atoms with Gasteiger partial charge in [-0.05, 0) is 22.3 Å². The Hall–Kier alpha value is -3.27. The highest BCUT2D eigenvalue weighted by Crippen LogP contribution is 2.30. The third kappa shape index (κ3) is 6.61. The van der Waals surface area contributed by atoms with Gasteiger partial charge in [-0.15, -0.1) is 0 Å². The first kappa shape index (κ1) is 22.9. The van der Waals surface area contributed by atoms with E-state index in [9.17, 15) is 4.39 Å². The number of benzene rings is 4. The molecule has 4 rings (SSSR count). The van der Waals surface area contributed by atoms with Crippen LogP contribution in [0.2, 0.25) is 0 Å². The molecule has 0 fully saturated rings. The molecule has 0 N–H and O–H groups in total. The van der Waals surface area contributed by atoms with Crippen LogP contribution in [-0.2, 0) is 17.9 Å². The first-order valence-corrected chi connectivity index (χ1v) is 11.4. The molecule has 0 unspecified atom stereocenters. The average Bonchev–Trinajstić information content (AvgIpc) is 2.89. The number of halogens is 1. The summed E-state index contributed by atoms with van der Waals surface area (Å²) < 4.78 is 20.2. The zero-order chi connectivity index (χ0) is 22.7. The van der Waals surface area contributed by atoms with E-state index in [-0.39, 0.29) is 6.04 Å². The highest BCUT2D eigenvalue weighted by molar-refractivity contribution is 5.32. The van der Waals surface area contributed by atoms with Gasteiger partial charge < -0.3 is 4.74 Å². The van der Waals surface area contributed by atoms with Gasteiger partial charge in [0.05, 0.1) is 18.8 Å². The molecule has 168 valence electrons. The first-order chi connectivity index (χ1) is 16.3. The lowest BCUT2D eigenvalue weighted by Gasteiger charge is -2.35. The first-order valence-electron chi connectivity index (χ1n) is 11.4. The van der Waals surface area contributed by atoms with Crippen molar-refractivity contribution in [3.63, 3.8) is 0 Å². The summed E-state index contributed by atoms with van der Waals surface area (Å²) in [5, 5.41) is 0.